The van der Waals surface area contributed by atoms with E-state index in [0.29, 0.717) is 11.4 Å². The van der Waals surface area contributed by atoms with E-state index in [1.807, 2.05) is 61.6 Å². The Kier molecular flexibility index (Phi) is 4.86. The highest BCUT2D eigenvalue weighted by Crippen LogP contribution is 2.28. The van der Waals surface area contributed by atoms with Crippen LogP contribution in [0.5, 0.6) is 0 Å². The predicted molar refractivity (Wildman–Crippen MR) is 96.3 cm³/mol. The molecule has 6 heteroatoms. The molecule has 0 unspecified atom stereocenters. The Labute approximate surface area is 144 Å². The molecule has 0 spiro atoms. The normalized spacial score (nSPS) is 10.4. The molecule has 0 saturated heterocycles. The van der Waals surface area contributed by atoms with Gasteiger partial charge in [0.05, 0.1) is 5.69 Å². The Balaban J connectivity index is 1.69. The molecule has 122 valence electrons. The lowest BCUT2D eigenvalue weighted by Gasteiger charge is -2.18. The number of amides is 1. The number of para-hydroxylation sites is 1. The van der Waals surface area contributed by atoms with Crippen molar-refractivity contribution in [3.63, 3.8) is 0 Å². The van der Waals surface area contributed by atoms with Crippen LogP contribution in [0.4, 0.5) is 11.4 Å². The van der Waals surface area contributed by atoms with E-state index in [4.69, 9.17) is 4.52 Å². The first-order valence-electron chi connectivity index (χ1n) is 7.43. The standard InChI is InChI=1S/C18H17N3O2S/c1-13-11-17(23-20-13)18(22)19-14-7-6-10-16(12-14)24-21(2)15-8-4-3-5-9-15/h3-12H,1-2H3,(H,19,22). The molecule has 2 aromatic carbocycles. The average Bonchev–Trinajstić information content (AvgIpc) is 3.02. The van der Waals surface area contributed by atoms with Gasteiger partial charge in [0.2, 0.25) is 5.76 Å². The van der Waals surface area contributed by atoms with E-state index in [1.165, 1.54) is 0 Å². The molecule has 3 rings (SSSR count). The minimum atomic E-state index is -0.311. The van der Waals surface area contributed by atoms with E-state index in [1.54, 1.807) is 24.9 Å². The summed E-state index contributed by atoms with van der Waals surface area (Å²) in [6.45, 7) is 1.77. The third-order valence-electron chi connectivity index (χ3n) is 3.31. The van der Waals surface area contributed by atoms with Crippen molar-refractivity contribution in [2.45, 2.75) is 11.8 Å². The fraction of sp³-hybridized carbons (Fsp3) is 0.111. The quantitative estimate of drug-likeness (QED) is 0.699. The number of hydrogen-bond acceptors (Lipinski definition) is 5. The van der Waals surface area contributed by atoms with Gasteiger partial charge in [0.15, 0.2) is 0 Å². The summed E-state index contributed by atoms with van der Waals surface area (Å²) in [5.74, 6) is -0.110. The summed E-state index contributed by atoms with van der Waals surface area (Å²) in [6, 6.07) is 19.4. The van der Waals surface area contributed by atoms with Crippen LogP contribution < -0.4 is 9.62 Å². The maximum atomic E-state index is 12.1. The molecule has 3 aromatic rings. The Morgan fingerprint density at radius 2 is 1.92 bits per heavy atom. The molecule has 0 aliphatic carbocycles. The summed E-state index contributed by atoms with van der Waals surface area (Å²) < 4.78 is 7.05. The minimum absolute atomic E-state index is 0.201. The number of aromatic nitrogens is 1. The number of rotatable bonds is 5. The van der Waals surface area contributed by atoms with Crippen LogP contribution in [0.1, 0.15) is 16.2 Å². The molecule has 0 aliphatic heterocycles. The minimum Gasteiger partial charge on any atom is -0.351 e. The van der Waals surface area contributed by atoms with Crippen LogP contribution in [0.3, 0.4) is 0 Å². The summed E-state index contributed by atoms with van der Waals surface area (Å²) in [6.07, 6.45) is 0. The molecule has 0 aliphatic rings. The van der Waals surface area contributed by atoms with Crippen LogP contribution in [0, 0.1) is 6.92 Å². The van der Waals surface area contributed by atoms with Crippen LogP contribution >= 0.6 is 11.9 Å². The number of aryl methyl sites for hydroxylation is 1. The smallest absolute Gasteiger partial charge is 0.294 e. The number of carbonyl (C=O) groups is 1. The first kappa shape index (κ1) is 16.1. The lowest BCUT2D eigenvalue weighted by atomic mass is 10.3. The number of nitrogens with zero attached hydrogens (tertiary/aromatic N) is 2. The van der Waals surface area contributed by atoms with Gasteiger partial charge in [0, 0.05) is 29.4 Å². The van der Waals surface area contributed by atoms with Gasteiger partial charge in [-0.25, -0.2) is 0 Å². The van der Waals surface area contributed by atoms with Gasteiger partial charge in [-0.3, -0.25) is 4.79 Å². The van der Waals surface area contributed by atoms with Crippen molar-refractivity contribution in [1.82, 2.24) is 5.16 Å². The van der Waals surface area contributed by atoms with E-state index < -0.39 is 0 Å². The highest BCUT2D eigenvalue weighted by atomic mass is 32.2. The highest BCUT2D eigenvalue weighted by molar-refractivity contribution is 8.00. The maximum Gasteiger partial charge on any atom is 0.294 e. The van der Waals surface area contributed by atoms with Gasteiger partial charge in [-0.05, 0) is 49.2 Å². The Hall–Kier alpha value is -2.73. The van der Waals surface area contributed by atoms with Gasteiger partial charge < -0.3 is 14.1 Å². The highest BCUT2D eigenvalue weighted by Gasteiger charge is 2.12. The third kappa shape index (κ3) is 3.97. The summed E-state index contributed by atoms with van der Waals surface area (Å²) in [5, 5.41) is 6.54. The number of nitrogens with one attached hydrogen (secondary N) is 1. The molecule has 1 heterocycles. The fourth-order valence-electron chi connectivity index (χ4n) is 2.14. The Morgan fingerprint density at radius 3 is 2.62 bits per heavy atom. The summed E-state index contributed by atoms with van der Waals surface area (Å²) in [4.78, 5) is 13.1. The summed E-state index contributed by atoms with van der Waals surface area (Å²) in [5.41, 5.74) is 2.49. The molecule has 0 saturated carbocycles. The zero-order chi connectivity index (χ0) is 16.9. The Morgan fingerprint density at radius 1 is 1.12 bits per heavy atom. The fourth-order valence-corrected chi connectivity index (χ4v) is 3.01. The molecule has 0 fully saturated rings. The van der Waals surface area contributed by atoms with E-state index in [0.717, 1.165) is 10.6 Å². The molecule has 1 aromatic heterocycles. The molecule has 1 amide bonds. The van der Waals surface area contributed by atoms with Crippen molar-refractivity contribution in [3.8, 4) is 0 Å². The SMILES string of the molecule is Cc1cc(C(=O)Nc2cccc(SN(C)c3ccccc3)c2)on1. The van der Waals surface area contributed by atoms with Gasteiger partial charge >= 0.3 is 0 Å². The number of hydrogen-bond donors (Lipinski definition) is 1. The number of anilines is 2. The van der Waals surface area contributed by atoms with E-state index >= 15 is 0 Å². The number of benzene rings is 2. The molecular formula is C18H17N3O2S. The topological polar surface area (TPSA) is 58.4 Å². The molecule has 0 radical (unpaired) electrons. The van der Waals surface area contributed by atoms with E-state index in [-0.39, 0.29) is 11.7 Å². The zero-order valence-electron chi connectivity index (χ0n) is 13.4. The Bertz CT molecular complexity index is 833. The van der Waals surface area contributed by atoms with Crippen LogP contribution in [0.2, 0.25) is 0 Å². The van der Waals surface area contributed by atoms with Crippen molar-refractivity contribution in [1.29, 1.82) is 0 Å². The van der Waals surface area contributed by atoms with Gasteiger partial charge in [0.25, 0.3) is 5.91 Å². The first-order valence-corrected chi connectivity index (χ1v) is 8.20. The zero-order valence-corrected chi connectivity index (χ0v) is 14.2. The first-order chi connectivity index (χ1) is 11.6. The molecule has 0 bridgehead atoms. The summed E-state index contributed by atoms with van der Waals surface area (Å²) in [7, 11) is 2.00. The second-order valence-corrected chi connectivity index (χ2v) is 6.44. The van der Waals surface area contributed by atoms with Crippen molar-refractivity contribution in [2.24, 2.45) is 0 Å². The molecule has 0 atom stereocenters. The summed E-state index contributed by atoms with van der Waals surface area (Å²) >= 11 is 1.58. The average molecular weight is 339 g/mol. The maximum absolute atomic E-state index is 12.1. The molecule has 5 nitrogen and oxygen atoms in total. The second kappa shape index (κ2) is 7.23. The van der Waals surface area contributed by atoms with Crippen LogP contribution in [-0.4, -0.2) is 18.1 Å². The predicted octanol–water partition coefficient (Wildman–Crippen LogP) is 4.38. The lowest BCUT2D eigenvalue weighted by Crippen LogP contribution is -2.11. The van der Waals surface area contributed by atoms with E-state index in [9.17, 15) is 4.79 Å². The largest absolute Gasteiger partial charge is 0.351 e. The van der Waals surface area contributed by atoms with Gasteiger partial charge in [-0.2, -0.15) is 0 Å². The van der Waals surface area contributed by atoms with Crippen LogP contribution in [-0.2, 0) is 0 Å². The van der Waals surface area contributed by atoms with Crippen molar-refractivity contribution in [3.05, 3.63) is 72.1 Å². The van der Waals surface area contributed by atoms with Gasteiger partial charge in [-0.1, -0.05) is 29.4 Å². The lowest BCUT2D eigenvalue weighted by molar-refractivity contribution is 0.0988. The van der Waals surface area contributed by atoms with Gasteiger partial charge in [0.1, 0.15) is 0 Å². The van der Waals surface area contributed by atoms with Crippen LogP contribution in [0.25, 0.3) is 0 Å². The second-order valence-electron chi connectivity index (χ2n) is 5.24. The third-order valence-corrected chi connectivity index (χ3v) is 4.26. The molecule has 24 heavy (non-hydrogen) atoms. The van der Waals surface area contributed by atoms with Crippen LogP contribution in [0.15, 0.2) is 70.1 Å². The van der Waals surface area contributed by atoms with Crippen molar-refractivity contribution in [2.75, 3.05) is 16.7 Å². The van der Waals surface area contributed by atoms with Crippen molar-refractivity contribution < 1.29 is 9.32 Å². The van der Waals surface area contributed by atoms with E-state index in [2.05, 4.69) is 14.8 Å². The molecular weight excluding hydrogens is 322 g/mol. The van der Waals surface area contributed by atoms with Gasteiger partial charge in [-0.15, -0.1) is 0 Å². The van der Waals surface area contributed by atoms with Crippen molar-refractivity contribution >= 4 is 29.2 Å². The number of carbonyl (C=O) groups excluding carboxylic acids is 1. The monoisotopic (exact) mass is 339 g/mol. The molecule has 1 N–H and O–H groups in total.